The molecule has 0 heterocycles. The summed E-state index contributed by atoms with van der Waals surface area (Å²) in [5, 5.41) is 8.58. The van der Waals surface area contributed by atoms with Crippen LogP contribution in [-0.4, -0.2) is 11.1 Å². The summed E-state index contributed by atoms with van der Waals surface area (Å²) in [5.41, 5.74) is 1.58. The van der Waals surface area contributed by atoms with E-state index in [-0.39, 0.29) is 0 Å². The summed E-state index contributed by atoms with van der Waals surface area (Å²) in [6, 6.07) is 0. The zero-order valence-corrected chi connectivity index (χ0v) is 10.9. The first-order valence-electron chi connectivity index (χ1n) is 7.19. The molecule has 0 bridgehead atoms. The van der Waals surface area contributed by atoms with Crippen molar-refractivity contribution in [2.75, 3.05) is 0 Å². The largest absolute Gasteiger partial charge is 0.481 e. The molecule has 2 heteroatoms. The third-order valence-electron chi connectivity index (χ3n) is 3.52. The molecule has 0 atom stereocenters. The van der Waals surface area contributed by atoms with Gasteiger partial charge in [-0.15, -0.1) is 0 Å². The topological polar surface area (TPSA) is 37.3 Å². The molecular weight excluding hydrogens is 212 g/mol. The van der Waals surface area contributed by atoms with Gasteiger partial charge in [-0.25, -0.2) is 0 Å². The van der Waals surface area contributed by atoms with Gasteiger partial charge in [0.2, 0.25) is 0 Å². The van der Waals surface area contributed by atoms with E-state index in [0.717, 1.165) is 12.8 Å². The number of aliphatic carboxylic acids is 1. The van der Waals surface area contributed by atoms with E-state index in [1.165, 1.54) is 57.8 Å². The van der Waals surface area contributed by atoms with Crippen molar-refractivity contribution in [1.29, 1.82) is 0 Å². The van der Waals surface area contributed by atoms with Gasteiger partial charge in [0.1, 0.15) is 0 Å². The fraction of sp³-hybridized carbons (Fsp3) is 0.800. The number of rotatable bonds is 4. The monoisotopic (exact) mass is 238 g/mol. The maximum absolute atomic E-state index is 10.4. The Labute approximate surface area is 105 Å². The molecule has 0 spiro atoms. The highest BCUT2D eigenvalue weighted by Gasteiger charge is 2.02. The van der Waals surface area contributed by atoms with E-state index in [2.05, 4.69) is 6.08 Å². The lowest BCUT2D eigenvalue weighted by atomic mass is 9.96. The van der Waals surface area contributed by atoms with E-state index < -0.39 is 5.97 Å². The maximum Gasteiger partial charge on any atom is 0.303 e. The molecule has 1 N–H and O–H groups in total. The molecule has 0 saturated heterocycles. The predicted octanol–water partition coefficient (Wildman–Crippen LogP) is 4.69. The van der Waals surface area contributed by atoms with E-state index in [9.17, 15) is 4.79 Å². The van der Waals surface area contributed by atoms with Gasteiger partial charge in [-0.3, -0.25) is 4.79 Å². The van der Waals surface area contributed by atoms with Crippen molar-refractivity contribution in [1.82, 2.24) is 0 Å². The van der Waals surface area contributed by atoms with Crippen molar-refractivity contribution in [2.45, 2.75) is 77.0 Å². The minimum atomic E-state index is -0.672. The Morgan fingerprint density at radius 2 is 1.53 bits per heavy atom. The molecule has 0 aromatic rings. The van der Waals surface area contributed by atoms with Gasteiger partial charge in [-0.1, -0.05) is 43.8 Å². The van der Waals surface area contributed by atoms with Gasteiger partial charge in [0, 0.05) is 6.42 Å². The Balaban J connectivity index is 2.25. The van der Waals surface area contributed by atoms with Crippen LogP contribution < -0.4 is 0 Å². The molecule has 17 heavy (non-hydrogen) atoms. The number of carbonyl (C=O) groups is 1. The molecule has 1 rings (SSSR count). The smallest absolute Gasteiger partial charge is 0.303 e. The minimum Gasteiger partial charge on any atom is -0.481 e. The van der Waals surface area contributed by atoms with Crippen molar-refractivity contribution in [2.24, 2.45) is 0 Å². The lowest BCUT2D eigenvalue weighted by molar-refractivity contribution is -0.137. The van der Waals surface area contributed by atoms with Crippen LogP contribution in [0.2, 0.25) is 0 Å². The third kappa shape index (κ3) is 8.00. The second kappa shape index (κ2) is 9.26. The Morgan fingerprint density at radius 1 is 1.00 bits per heavy atom. The lowest BCUT2D eigenvalue weighted by Crippen LogP contribution is -1.94. The van der Waals surface area contributed by atoms with E-state index in [1.807, 2.05) is 0 Å². The number of carboxylic acids is 1. The SMILES string of the molecule is O=C(O)CCCC=C1CCCCCCCCC1. The van der Waals surface area contributed by atoms with Crippen molar-refractivity contribution in [3.05, 3.63) is 11.6 Å². The van der Waals surface area contributed by atoms with Gasteiger partial charge in [-0.05, 0) is 38.5 Å². The Hall–Kier alpha value is -0.790. The predicted molar refractivity (Wildman–Crippen MR) is 71.1 cm³/mol. The van der Waals surface area contributed by atoms with Crippen molar-refractivity contribution in [3.63, 3.8) is 0 Å². The van der Waals surface area contributed by atoms with Gasteiger partial charge in [0.15, 0.2) is 0 Å². The van der Waals surface area contributed by atoms with Gasteiger partial charge >= 0.3 is 5.97 Å². The van der Waals surface area contributed by atoms with E-state index in [4.69, 9.17) is 5.11 Å². The molecule has 1 aliphatic carbocycles. The third-order valence-corrected chi connectivity index (χ3v) is 3.52. The van der Waals surface area contributed by atoms with Crippen molar-refractivity contribution < 1.29 is 9.90 Å². The first kappa shape index (κ1) is 14.3. The Morgan fingerprint density at radius 3 is 2.06 bits per heavy atom. The first-order valence-corrected chi connectivity index (χ1v) is 7.19. The number of unbranched alkanes of at least 4 members (excludes halogenated alkanes) is 1. The second-order valence-corrected chi connectivity index (χ2v) is 5.12. The summed E-state index contributed by atoms with van der Waals surface area (Å²) < 4.78 is 0. The van der Waals surface area contributed by atoms with Crippen LogP contribution in [0.3, 0.4) is 0 Å². The standard InChI is InChI=1S/C15H26O2/c16-15(17)13-9-8-12-14-10-6-4-2-1-3-5-7-11-14/h12H,1-11,13H2,(H,16,17). The van der Waals surface area contributed by atoms with Crippen molar-refractivity contribution >= 4 is 5.97 Å². The summed E-state index contributed by atoms with van der Waals surface area (Å²) in [7, 11) is 0. The van der Waals surface area contributed by atoms with Gasteiger partial charge < -0.3 is 5.11 Å². The van der Waals surface area contributed by atoms with Crippen molar-refractivity contribution in [3.8, 4) is 0 Å². The average molecular weight is 238 g/mol. The number of allylic oxidation sites excluding steroid dienone is 2. The molecule has 1 saturated carbocycles. The number of hydrogen-bond donors (Lipinski definition) is 1. The maximum atomic E-state index is 10.4. The van der Waals surface area contributed by atoms with Gasteiger partial charge in [0.05, 0.1) is 0 Å². The molecular formula is C15H26O2. The molecule has 1 fully saturated rings. The Kier molecular flexibility index (Phi) is 7.78. The van der Waals surface area contributed by atoms with E-state index >= 15 is 0 Å². The van der Waals surface area contributed by atoms with Crippen LogP contribution in [-0.2, 0) is 4.79 Å². The van der Waals surface area contributed by atoms with E-state index in [0.29, 0.717) is 6.42 Å². The zero-order chi connectivity index (χ0) is 12.3. The number of hydrogen-bond acceptors (Lipinski definition) is 1. The highest BCUT2D eigenvalue weighted by molar-refractivity contribution is 5.66. The molecule has 0 aromatic carbocycles. The molecule has 98 valence electrons. The highest BCUT2D eigenvalue weighted by atomic mass is 16.4. The summed E-state index contributed by atoms with van der Waals surface area (Å²) in [5.74, 6) is -0.672. The summed E-state index contributed by atoms with van der Waals surface area (Å²) in [6.45, 7) is 0. The average Bonchev–Trinajstić information content (AvgIpc) is 2.32. The fourth-order valence-corrected chi connectivity index (χ4v) is 2.48. The molecule has 1 aliphatic rings. The second-order valence-electron chi connectivity index (χ2n) is 5.12. The zero-order valence-electron chi connectivity index (χ0n) is 10.9. The van der Waals surface area contributed by atoms with Crippen LogP contribution >= 0.6 is 0 Å². The molecule has 0 aliphatic heterocycles. The van der Waals surface area contributed by atoms with Gasteiger partial charge in [0.25, 0.3) is 0 Å². The van der Waals surface area contributed by atoms with Crippen LogP contribution in [0.4, 0.5) is 0 Å². The summed E-state index contributed by atoms with van der Waals surface area (Å²) in [6.07, 6.45) is 16.4. The van der Waals surface area contributed by atoms with Gasteiger partial charge in [-0.2, -0.15) is 0 Å². The molecule has 2 nitrogen and oxygen atoms in total. The summed E-state index contributed by atoms with van der Waals surface area (Å²) >= 11 is 0. The van der Waals surface area contributed by atoms with Crippen LogP contribution in [0.1, 0.15) is 77.0 Å². The minimum absolute atomic E-state index is 0.309. The van der Waals surface area contributed by atoms with Crippen LogP contribution in [0, 0.1) is 0 Å². The van der Waals surface area contributed by atoms with Crippen LogP contribution in [0.25, 0.3) is 0 Å². The summed E-state index contributed by atoms with van der Waals surface area (Å²) in [4.78, 5) is 10.4. The normalized spacial score (nSPS) is 18.7. The highest BCUT2D eigenvalue weighted by Crippen LogP contribution is 2.21. The molecule has 0 amide bonds. The molecule has 0 aromatic heterocycles. The quantitative estimate of drug-likeness (QED) is 0.569. The first-order chi connectivity index (χ1) is 8.29. The molecule has 0 unspecified atom stereocenters. The Bertz CT molecular complexity index is 231. The number of carboxylic acid groups (broad SMARTS) is 1. The van der Waals surface area contributed by atoms with Crippen LogP contribution in [0.5, 0.6) is 0 Å². The fourth-order valence-electron chi connectivity index (χ4n) is 2.48. The van der Waals surface area contributed by atoms with Crippen LogP contribution in [0.15, 0.2) is 11.6 Å². The lowest BCUT2D eigenvalue weighted by Gasteiger charge is -2.10. The molecule has 0 radical (unpaired) electrons. The van der Waals surface area contributed by atoms with E-state index in [1.54, 1.807) is 5.57 Å².